The SMILES string of the molecule is C[C@@H]1CN(C)[C@@H](C)C[C@@H]1NCc1cn(C)nc1-c1ccccc1. The fourth-order valence-corrected chi connectivity index (χ4v) is 3.57. The maximum atomic E-state index is 4.66. The molecule has 3 atom stereocenters. The molecule has 0 saturated carbocycles. The van der Waals surface area contributed by atoms with Crippen LogP contribution < -0.4 is 5.32 Å². The van der Waals surface area contributed by atoms with Crippen LogP contribution in [0.1, 0.15) is 25.8 Å². The second-order valence-corrected chi connectivity index (χ2v) is 7.03. The highest BCUT2D eigenvalue weighted by molar-refractivity contribution is 5.62. The van der Waals surface area contributed by atoms with Crippen LogP contribution in [0.25, 0.3) is 11.3 Å². The summed E-state index contributed by atoms with van der Waals surface area (Å²) in [5, 5.41) is 8.44. The Morgan fingerprint density at radius 1 is 1.17 bits per heavy atom. The topological polar surface area (TPSA) is 33.1 Å². The second kappa shape index (κ2) is 6.85. The number of aromatic nitrogens is 2. The van der Waals surface area contributed by atoms with Crippen molar-refractivity contribution in [3.8, 4) is 11.3 Å². The molecule has 23 heavy (non-hydrogen) atoms. The summed E-state index contributed by atoms with van der Waals surface area (Å²) in [6.45, 7) is 6.71. The van der Waals surface area contributed by atoms with Gasteiger partial charge in [0.2, 0.25) is 0 Å². The standard InChI is InChI=1S/C19H28N4/c1-14-12-22(3)15(2)10-18(14)20-11-17-13-23(4)21-19(17)16-8-6-5-7-9-16/h5-9,13-15,18,20H,10-12H2,1-4H3/t14-,15+,18+/m1/s1. The molecule has 0 aliphatic carbocycles. The van der Waals surface area contributed by atoms with Crippen molar-refractivity contribution in [3.05, 3.63) is 42.1 Å². The number of hydrogen-bond acceptors (Lipinski definition) is 3. The van der Waals surface area contributed by atoms with Crippen molar-refractivity contribution in [2.45, 2.75) is 38.9 Å². The predicted molar refractivity (Wildman–Crippen MR) is 95.1 cm³/mol. The van der Waals surface area contributed by atoms with Gasteiger partial charge in [-0.1, -0.05) is 37.3 Å². The van der Waals surface area contributed by atoms with Crippen LogP contribution >= 0.6 is 0 Å². The number of nitrogens with one attached hydrogen (secondary N) is 1. The van der Waals surface area contributed by atoms with Crippen molar-refractivity contribution in [2.24, 2.45) is 13.0 Å². The van der Waals surface area contributed by atoms with Crippen LogP contribution in [0, 0.1) is 5.92 Å². The number of rotatable bonds is 4. The van der Waals surface area contributed by atoms with Crippen LogP contribution in [0.3, 0.4) is 0 Å². The molecule has 1 N–H and O–H groups in total. The molecule has 4 nitrogen and oxygen atoms in total. The molecule has 1 fully saturated rings. The van der Waals surface area contributed by atoms with E-state index in [9.17, 15) is 0 Å². The van der Waals surface area contributed by atoms with E-state index in [-0.39, 0.29) is 0 Å². The van der Waals surface area contributed by atoms with Crippen LogP contribution in [0.15, 0.2) is 36.5 Å². The highest BCUT2D eigenvalue weighted by Gasteiger charge is 2.28. The second-order valence-electron chi connectivity index (χ2n) is 7.03. The summed E-state index contributed by atoms with van der Waals surface area (Å²) in [5.41, 5.74) is 3.56. The lowest BCUT2D eigenvalue weighted by molar-refractivity contribution is 0.121. The Morgan fingerprint density at radius 2 is 1.91 bits per heavy atom. The van der Waals surface area contributed by atoms with E-state index < -0.39 is 0 Å². The molecule has 0 spiro atoms. The lowest BCUT2D eigenvalue weighted by Crippen LogP contribution is -2.50. The quantitative estimate of drug-likeness (QED) is 0.942. The van der Waals surface area contributed by atoms with Gasteiger partial charge in [-0.3, -0.25) is 4.68 Å². The van der Waals surface area contributed by atoms with Gasteiger partial charge in [0.25, 0.3) is 0 Å². The number of nitrogens with zero attached hydrogens (tertiary/aromatic N) is 3. The monoisotopic (exact) mass is 312 g/mol. The third-order valence-corrected chi connectivity index (χ3v) is 5.12. The third-order valence-electron chi connectivity index (χ3n) is 5.12. The first-order chi connectivity index (χ1) is 11.0. The van der Waals surface area contributed by atoms with Gasteiger partial charge in [0.1, 0.15) is 0 Å². The Kier molecular flexibility index (Phi) is 4.83. The maximum absolute atomic E-state index is 4.66. The van der Waals surface area contributed by atoms with Crippen molar-refractivity contribution < 1.29 is 0 Å². The lowest BCUT2D eigenvalue weighted by atomic mass is 9.89. The van der Waals surface area contributed by atoms with E-state index in [4.69, 9.17) is 0 Å². The smallest absolute Gasteiger partial charge is 0.0967 e. The van der Waals surface area contributed by atoms with E-state index in [1.807, 2.05) is 17.8 Å². The van der Waals surface area contributed by atoms with E-state index in [0.29, 0.717) is 18.0 Å². The van der Waals surface area contributed by atoms with Crippen LogP contribution in [0.2, 0.25) is 0 Å². The lowest BCUT2D eigenvalue weighted by Gasteiger charge is -2.40. The molecule has 0 radical (unpaired) electrons. The number of hydrogen-bond donors (Lipinski definition) is 1. The molecule has 1 aliphatic rings. The molecule has 4 heteroatoms. The Hall–Kier alpha value is -1.65. The summed E-state index contributed by atoms with van der Waals surface area (Å²) in [6, 6.07) is 11.7. The zero-order valence-corrected chi connectivity index (χ0v) is 14.7. The average Bonchev–Trinajstić information content (AvgIpc) is 2.91. The molecule has 1 aliphatic heterocycles. The molecule has 2 heterocycles. The fourth-order valence-electron chi connectivity index (χ4n) is 3.57. The molecule has 1 saturated heterocycles. The fraction of sp³-hybridized carbons (Fsp3) is 0.526. The Balaban J connectivity index is 1.72. The molecule has 124 valence electrons. The summed E-state index contributed by atoms with van der Waals surface area (Å²) < 4.78 is 1.92. The van der Waals surface area contributed by atoms with Gasteiger partial charge in [-0.15, -0.1) is 0 Å². The summed E-state index contributed by atoms with van der Waals surface area (Å²) in [7, 11) is 4.22. The van der Waals surface area contributed by atoms with Gasteiger partial charge in [-0.2, -0.15) is 5.10 Å². The molecule has 3 rings (SSSR count). The summed E-state index contributed by atoms with van der Waals surface area (Å²) >= 11 is 0. The zero-order chi connectivity index (χ0) is 16.4. The summed E-state index contributed by atoms with van der Waals surface area (Å²) in [6.07, 6.45) is 3.34. The van der Waals surface area contributed by atoms with E-state index >= 15 is 0 Å². The van der Waals surface area contributed by atoms with E-state index in [2.05, 4.69) is 66.7 Å². The van der Waals surface area contributed by atoms with Crippen LogP contribution in [0.5, 0.6) is 0 Å². The minimum absolute atomic E-state index is 0.574. The first kappa shape index (κ1) is 16.2. The van der Waals surface area contributed by atoms with Gasteiger partial charge in [-0.25, -0.2) is 0 Å². The van der Waals surface area contributed by atoms with Crippen LogP contribution in [0.4, 0.5) is 0 Å². The minimum Gasteiger partial charge on any atom is -0.309 e. The van der Waals surface area contributed by atoms with Gasteiger partial charge >= 0.3 is 0 Å². The van der Waals surface area contributed by atoms with E-state index in [0.717, 1.165) is 18.8 Å². The van der Waals surface area contributed by atoms with E-state index in [1.54, 1.807) is 0 Å². The van der Waals surface area contributed by atoms with Crippen molar-refractivity contribution in [3.63, 3.8) is 0 Å². The van der Waals surface area contributed by atoms with Gasteiger partial charge in [-0.05, 0) is 26.3 Å². The van der Waals surface area contributed by atoms with Crippen LogP contribution in [-0.2, 0) is 13.6 Å². The van der Waals surface area contributed by atoms with Gasteiger partial charge in [0.05, 0.1) is 5.69 Å². The highest BCUT2D eigenvalue weighted by Crippen LogP contribution is 2.24. The molecule has 1 aromatic carbocycles. The van der Waals surface area contributed by atoms with Crippen molar-refractivity contribution in [1.29, 1.82) is 0 Å². The Labute approximate surface area is 139 Å². The van der Waals surface area contributed by atoms with Crippen LogP contribution in [-0.4, -0.2) is 40.4 Å². The predicted octanol–water partition coefficient (Wildman–Crippen LogP) is 2.91. The van der Waals surface area contributed by atoms with Crippen molar-refractivity contribution >= 4 is 0 Å². The van der Waals surface area contributed by atoms with Crippen molar-refractivity contribution in [1.82, 2.24) is 20.0 Å². The molecule has 2 aromatic rings. The molecule has 0 bridgehead atoms. The number of benzene rings is 1. The zero-order valence-electron chi connectivity index (χ0n) is 14.7. The normalized spacial score (nSPS) is 25.7. The minimum atomic E-state index is 0.574. The Morgan fingerprint density at radius 3 is 2.65 bits per heavy atom. The molecular formula is C19H28N4. The van der Waals surface area contributed by atoms with Gasteiger partial charge in [0.15, 0.2) is 0 Å². The largest absolute Gasteiger partial charge is 0.309 e. The van der Waals surface area contributed by atoms with Crippen molar-refractivity contribution in [2.75, 3.05) is 13.6 Å². The number of aryl methyl sites for hydroxylation is 1. The third kappa shape index (κ3) is 3.65. The molecular weight excluding hydrogens is 284 g/mol. The summed E-state index contributed by atoms with van der Waals surface area (Å²) in [5.74, 6) is 0.674. The van der Waals surface area contributed by atoms with E-state index in [1.165, 1.54) is 17.5 Å². The molecule has 1 aromatic heterocycles. The summed E-state index contributed by atoms with van der Waals surface area (Å²) in [4.78, 5) is 2.46. The highest BCUT2D eigenvalue weighted by atomic mass is 15.3. The number of piperidine rings is 1. The van der Waals surface area contributed by atoms with Gasteiger partial charge in [0, 0.05) is 49.5 Å². The maximum Gasteiger partial charge on any atom is 0.0967 e. The first-order valence-electron chi connectivity index (χ1n) is 8.56. The molecule has 0 amide bonds. The first-order valence-corrected chi connectivity index (χ1v) is 8.56. The average molecular weight is 312 g/mol. The van der Waals surface area contributed by atoms with Gasteiger partial charge < -0.3 is 10.2 Å². The molecule has 0 unspecified atom stereocenters. The Bertz CT molecular complexity index is 634. The number of likely N-dealkylation sites (tertiary alicyclic amines) is 1.